The molecule has 0 atom stereocenters. The van der Waals surface area contributed by atoms with Gasteiger partial charge >= 0.3 is 41.9 Å². The summed E-state index contributed by atoms with van der Waals surface area (Å²) >= 11 is 1.74. The van der Waals surface area contributed by atoms with Crippen molar-refractivity contribution >= 4 is 38.4 Å². The first-order chi connectivity index (χ1) is 15.6. The minimum atomic E-state index is 0. The average molecular weight is 589 g/mol. The molecular formula is C28H34Cl2N2SiZr-2. The van der Waals surface area contributed by atoms with Gasteiger partial charge in [-0.3, -0.25) is 0 Å². The molecule has 0 N–H and O–H groups in total. The van der Waals surface area contributed by atoms with Crippen LogP contribution in [-0.4, -0.2) is 31.6 Å². The van der Waals surface area contributed by atoms with Gasteiger partial charge in [0.25, 0.3) is 0 Å². The van der Waals surface area contributed by atoms with Crippen molar-refractivity contribution in [2.75, 3.05) is 36.0 Å². The van der Waals surface area contributed by atoms with Crippen LogP contribution in [0, 0.1) is 0 Å². The minimum absolute atomic E-state index is 0. The van der Waals surface area contributed by atoms with Crippen molar-refractivity contribution in [3.8, 4) is 0 Å². The van der Waals surface area contributed by atoms with Gasteiger partial charge in [-0.25, -0.2) is 0 Å². The third-order valence-electron chi connectivity index (χ3n) is 6.15. The summed E-state index contributed by atoms with van der Waals surface area (Å²) in [6.07, 6.45) is 5.39. The maximum Gasteiger partial charge on any atom is 0.0162 e. The van der Waals surface area contributed by atoms with E-state index in [1.165, 1.54) is 84.8 Å². The van der Waals surface area contributed by atoms with E-state index in [1.54, 1.807) is 23.3 Å². The SMILES string of the molecule is C[Si](C)=[Zr+2].[Cl-].[Cl-].c1ccc2[cH-]c(N3CCCC3)cc2c1.c1ccc2[cH-]c(N3CCCC3)cc2c1. The normalized spacial score (nSPS) is 14.6. The number of benzene rings is 2. The Morgan fingerprint density at radius 2 is 0.971 bits per heavy atom. The zero-order valence-electron chi connectivity index (χ0n) is 20.2. The van der Waals surface area contributed by atoms with E-state index >= 15 is 0 Å². The van der Waals surface area contributed by atoms with Gasteiger partial charge in [0.1, 0.15) is 0 Å². The average Bonchev–Trinajstić information content (AvgIpc) is 3.59. The molecule has 6 heteroatoms. The van der Waals surface area contributed by atoms with Gasteiger partial charge in [0, 0.05) is 26.2 Å². The summed E-state index contributed by atoms with van der Waals surface area (Å²) < 4.78 is 0. The Morgan fingerprint density at radius 3 is 1.29 bits per heavy atom. The van der Waals surface area contributed by atoms with E-state index in [9.17, 15) is 0 Å². The molecule has 0 aromatic heterocycles. The van der Waals surface area contributed by atoms with E-state index in [1.807, 2.05) is 0 Å². The summed E-state index contributed by atoms with van der Waals surface area (Å²) in [4.78, 5) is 4.97. The predicted molar refractivity (Wildman–Crippen MR) is 139 cm³/mol. The molecule has 0 bridgehead atoms. The predicted octanol–water partition coefficient (Wildman–Crippen LogP) is 1.11. The Hall–Kier alpha value is -1.06. The smallest absolute Gasteiger partial charge is 0.0162 e. The van der Waals surface area contributed by atoms with Crippen molar-refractivity contribution in [3.63, 3.8) is 0 Å². The third-order valence-corrected chi connectivity index (χ3v) is 6.15. The zero-order valence-corrected chi connectivity index (χ0v) is 25.2. The third kappa shape index (κ3) is 7.98. The largest absolute Gasteiger partial charge is 1.00 e. The molecule has 0 saturated carbocycles. The number of fused-ring (bicyclic) bond motifs is 2. The Kier molecular flexibility index (Phi) is 12.4. The van der Waals surface area contributed by atoms with Crippen molar-refractivity contribution in [1.82, 2.24) is 0 Å². The minimum Gasteiger partial charge on any atom is -1.00 e. The molecule has 4 aromatic carbocycles. The second-order valence-corrected chi connectivity index (χ2v) is 18.4. The van der Waals surface area contributed by atoms with E-state index < -0.39 is 0 Å². The summed E-state index contributed by atoms with van der Waals surface area (Å²) in [7, 11) is 0. The molecule has 0 spiro atoms. The number of hydrogen-bond donors (Lipinski definition) is 0. The first kappa shape index (κ1) is 29.2. The van der Waals surface area contributed by atoms with Gasteiger partial charge in [-0.15, -0.1) is 82.2 Å². The van der Waals surface area contributed by atoms with Gasteiger partial charge < -0.3 is 34.6 Å². The van der Waals surface area contributed by atoms with Crippen LogP contribution in [-0.2, 0) is 23.3 Å². The Bertz CT molecular complexity index is 1000. The fourth-order valence-corrected chi connectivity index (χ4v) is 4.58. The van der Waals surface area contributed by atoms with Crippen LogP contribution >= 0.6 is 0 Å². The quantitative estimate of drug-likeness (QED) is 0.256. The molecule has 34 heavy (non-hydrogen) atoms. The van der Waals surface area contributed by atoms with Crippen molar-refractivity contribution in [2.24, 2.45) is 0 Å². The summed E-state index contributed by atoms with van der Waals surface area (Å²) in [5.74, 6) is 0. The van der Waals surface area contributed by atoms with Crippen molar-refractivity contribution in [3.05, 3.63) is 72.8 Å². The molecule has 2 heterocycles. The second-order valence-electron chi connectivity index (χ2n) is 9.07. The summed E-state index contributed by atoms with van der Waals surface area (Å²) in [5.41, 5.74) is 3.02. The van der Waals surface area contributed by atoms with Gasteiger partial charge in [-0.05, 0) is 25.7 Å². The maximum absolute atomic E-state index is 2.49. The van der Waals surface area contributed by atoms with Gasteiger partial charge in [-0.2, -0.15) is 0 Å². The molecule has 2 fully saturated rings. The number of rotatable bonds is 2. The second kappa shape index (κ2) is 14.5. The Balaban J connectivity index is 0.000000198. The molecule has 0 aliphatic carbocycles. The van der Waals surface area contributed by atoms with Gasteiger partial charge in [0.15, 0.2) is 0 Å². The summed E-state index contributed by atoms with van der Waals surface area (Å²) in [6, 6.07) is 26.4. The molecule has 4 aromatic rings. The molecule has 2 aliphatic rings. The fraction of sp³-hybridized carbons (Fsp3) is 0.357. The summed E-state index contributed by atoms with van der Waals surface area (Å²) in [5, 5.41) is 5.48. The van der Waals surface area contributed by atoms with Crippen LogP contribution in [0.15, 0.2) is 72.8 Å². The van der Waals surface area contributed by atoms with E-state index in [0.29, 0.717) is 0 Å². The molecule has 180 valence electrons. The zero-order chi connectivity index (χ0) is 22.3. The van der Waals surface area contributed by atoms with Gasteiger partial charge in [-0.1, -0.05) is 23.5 Å². The number of nitrogens with zero attached hydrogens (tertiary/aromatic N) is 2. The van der Waals surface area contributed by atoms with E-state index in [-0.39, 0.29) is 30.2 Å². The Labute approximate surface area is 232 Å². The van der Waals surface area contributed by atoms with E-state index in [0.717, 1.165) is 0 Å². The number of halogens is 2. The standard InChI is InChI=1S/2C13H14N.C2H6Si.2ClH.Zr/c2*1-2-6-12-10-13(9-11(12)5-1)14-7-3-4-8-14;1-3-2;;;/h2*1-2,5-6,9-10H,3-4,7-8H2;1-2H3;2*1H;/q2*-1;;;;+2/p-2. The fourth-order valence-electron chi connectivity index (χ4n) is 4.58. The number of hydrogen-bond acceptors (Lipinski definition) is 2. The molecule has 0 radical (unpaired) electrons. The van der Waals surface area contributed by atoms with Crippen molar-refractivity contribution < 1.29 is 48.1 Å². The molecular weight excluding hydrogens is 555 g/mol. The van der Waals surface area contributed by atoms with Gasteiger partial charge in [0.05, 0.1) is 0 Å². The monoisotopic (exact) mass is 586 g/mol. The van der Waals surface area contributed by atoms with Crippen molar-refractivity contribution in [2.45, 2.75) is 38.8 Å². The van der Waals surface area contributed by atoms with Crippen LogP contribution in [0.4, 0.5) is 11.4 Å². The van der Waals surface area contributed by atoms with E-state index in [4.69, 9.17) is 0 Å². The molecule has 6 rings (SSSR count). The maximum atomic E-state index is 2.49. The van der Waals surface area contributed by atoms with Gasteiger partial charge in [0.2, 0.25) is 0 Å². The molecule has 2 saturated heterocycles. The first-order valence-electron chi connectivity index (χ1n) is 11.9. The van der Waals surface area contributed by atoms with Crippen LogP contribution < -0.4 is 34.6 Å². The molecule has 0 unspecified atom stereocenters. The molecule has 2 nitrogen and oxygen atoms in total. The number of anilines is 2. The summed E-state index contributed by atoms with van der Waals surface area (Å²) in [6.45, 7) is 9.55. The van der Waals surface area contributed by atoms with Crippen molar-refractivity contribution in [1.29, 1.82) is 0 Å². The Morgan fingerprint density at radius 1 is 0.647 bits per heavy atom. The molecule has 0 amide bonds. The van der Waals surface area contributed by atoms with Crippen LogP contribution in [0.5, 0.6) is 0 Å². The van der Waals surface area contributed by atoms with Crippen LogP contribution in [0.25, 0.3) is 21.5 Å². The van der Waals surface area contributed by atoms with E-state index in [2.05, 4.69) is 95.7 Å². The van der Waals surface area contributed by atoms with Crippen LogP contribution in [0.1, 0.15) is 25.7 Å². The topological polar surface area (TPSA) is 6.48 Å². The first-order valence-corrected chi connectivity index (χ1v) is 18.1. The van der Waals surface area contributed by atoms with Crippen LogP contribution in [0.3, 0.4) is 0 Å². The molecule has 2 aliphatic heterocycles. The van der Waals surface area contributed by atoms with Crippen LogP contribution in [0.2, 0.25) is 13.1 Å².